The highest BCUT2D eigenvalue weighted by atomic mass is 35.5. The van der Waals surface area contributed by atoms with Crippen molar-refractivity contribution in [3.63, 3.8) is 0 Å². The number of nitrogens with one attached hydrogen (secondary N) is 1. The van der Waals surface area contributed by atoms with Gasteiger partial charge in [-0.25, -0.2) is 9.78 Å². The van der Waals surface area contributed by atoms with Crippen molar-refractivity contribution in [2.24, 2.45) is 0 Å². The minimum absolute atomic E-state index is 0.0699. The predicted molar refractivity (Wildman–Crippen MR) is 161 cm³/mol. The van der Waals surface area contributed by atoms with Crippen LogP contribution in [-0.2, 0) is 11.2 Å². The number of fused-ring (bicyclic) bond motifs is 1. The highest BCUT2D eigenvalue weighted by molar-refractivity contribution is 7.15. The zero-order chi connectivity index (χ0) is 27.5. The Hall–Kier alpha value is -2.87. The van der Waals surface area contributed by atoms with Gasteiger partial charge in [0, 0.05) is 59.7 Å². The van der Waals surface area contributed by atoms with E-state index >= 15 is 0 Å². The Morgan fingerprint density at radius 3 is 2.51 bits per heavy atom. The molecule has 1 atom stereocenters. The van der Waals surface area contributed by atoms with E-state index in [0.717, 1.165) is 53.5 Å². The van der Waals surface area contributed by atoms with Gasteiger partial charge in [0.25, 0.3) is 0 Å². The number of halogens is 1. The molecule has 4 aromatic rings. The lowest BCUT2D eigenvalue weighted by Gasteiger charge is -2.28. The molecule has 1 unspecified atom stereocenters. The third-order valence-corrected chi connectivity index (χ3v) is 8.54. The van der Waals surface area contributed by atoms with Crippen LogP contribution in [0.2, 0.25) is 5.02 Å². The Balaban J connectivity index is 1.37. The van der Waals surface area contributed by atoms with Crippen molar-refractivity contribution in [3.05, 3.63) is 75.9 Å². The minimum Gasteiger partial charge on any atom is -0.376 e. The summed E-state index contributed by atoms with van der Waals surface area (Å²) < 4.78 is 8.07. The molecule has 0 spiro atoms. The molecule has 1 aliphatic heterocycles. The van der Waals surface area contributed by atoms with Gasteiger partial charge in [-0.05, 0) is 47.9 Å². The number of amides is 2. The normalized spacial score (nSPS) is 15.5. The van der Waals surface area contributed by atoms with Crippen molar-refractivity contribution in [1.29, 1.82) is 0 Å². The number of rotatable bonds is 9. The minimum atomic E-state index is -0.0699. The SMILES string of the molecule is CC(C)c1cccc(C(C)C)c1NC(=O)N(CCc1csc2nc(-c3ccc(Cl)cc3)cn12)CC1CCCO1. The molecule has 206 valence electrons. The Morgan fingerprint density at radius 1 is 1.15 bits per heavy atom. The van der Waals surface area contributed by atoms with Gasteiger partial charge in [-0.2, -0.15) is 0 Å². The van der Waals surface area contributed by atoms with Crippen LogP contribution in [-0.4, -0.2) is 46.1 Å². The van der Waals surface area contributed by atoms with Crippen molar-refractivity contribution in [2.45, 2.75) is 64.9 Å². The van der Waals surface area contributed by atoms with E-state index in [1.54, 1.807) is 11.3 Å². The molecule has 0 saturated carbocycles. The zero-order valence-corrected chi connectivity index (χ0v) is 24.7. The molecule has 2 aromatic heterocycles. The molecule has 39 heavy (non-hydrogen) atoms. The van der Waals surface area contributed by atoms with Crippen LogP contribution in [0.3, 0.4) is 0 Å². The summed E-state index contributed by atoms with van der Waals surface area (Å²) in [6, 6.07) is 14.0. The number of imidazole rings is 1. The van der Waals surface area contributed by atoms with Gasteiger partial charge in [0.05, 0.1) is 11.8 Å². The number of hydrogen-bond acceptors (Lipinski definition) is 4. The van der Waals surface area contributed by atoms with Gasteiger partial charge in [0.2, 0.25) is 0 Å². The smallest absolute Gasteiger partial charge is 0.321 e. The standard InChI is InChI=1S/C31H37ClN4O2S/c1-20(2)26-8-5-9-27(21(3)4)29(26)34-30(37)35(17-25-7-6-16-38-25)15-14-24-19-39-31-33-28(18-36(24)31)22-10-12-23(32)13-11-22/h5,8-13,18-21,25H,6-7,14-17H2,1-4H3,(H,34,37). The van der Waals surface area contributed by atoms with Gasteiger partial charge in [0.15, 0.2) is 4.96 Å². The van der Waals surface area contributed by atoms with Gasteiger partial charge >= 0.3 is 6.03 Å². The number of hydrogen-bond donors (Lipinski definition) is 1. The molecule has 0 radical (unpaired) electrons. The number of urea groups is 1. The van der Waals surface area contributed by atoms with E-state index in [-0.39, 0.29) is 12.1 Å². The zero-order valence-electron chi connectivity index (χ0n) is 23.1. The quantitative estimate of drug-likeness (QED) is 0.223. The number of carbonyl (C=O) groups is 1. The number of ether oxygens (including phenoxy) is 1. The first-order chi connectivity index (χ1) is 18.8. The van der Waals surface area contributed by atoms with Gasteiger partial charge < -0.3 is 15.0 Å². The van der Waals surface area contributed by atoms with E-state index in [9.17, 15) is 4.79 Å². The number of anilines is 1. The van der Waals surface area contributed by atoms with E-state index in [4.69, 9.17) is 21.3 Å². The lowest BCUT2D eigenvalue weighted by molar-refractivity contribution is 0.0838. The Kier molecular flexibility index (Phi) is 8.60. The van der Waals surface area contributed by atoms with Gasteiger partial charge in [-0.3, -0.25) is 4.40 Å². The molecule has 2 aromatic carbocycles. The summed E-state index contributed by atoms with van der Waals surface area (Å²) in [7, 11) is 0. The summed E-state index contributed by atoms with van der Waals surface area (Å²) in [6.07, 6.45) is 4.90. The second-order valence-electron chi connectivity index (χ2n) is 10.9. The Bertz CT molecular complexity index is 1390. The number of thiazole rings is 1. The average molecular weight is 565 g/mol. The summed E-state index contributed by atoms with van der Waals surface area (Å²) in [5.74, 6) is 0.613. The lowest BCUT2D eigenvalue weighted by atomic mass is 9.93. The van der Waals surface area contributed by atoms with E-state index in [0.29, 0.717) is 29.9 Å². The predicted octanol–water partition coefficient (Wildman–Crippen LogP) is 8.22. The Labute approximate surface area is 240 Å². The Morgan fingerprint density at radius 2 is 1.87 bits per heavy atom. The monoisotopic (exact) mass is 564 g/mol. The van der Waals surface area contributed by atoms with Crippen LogP contribution < -0.4 is 5.32 Å². The molecule has 1 saturated heterocycles. The molecule has 0 bridgehead atoms. The maximum Gasteiger partial charge on any atom is 0.321 e. The summed E-state index contributed by atoms with van der Waals surface area (Å²) in [5.41, 5.74) is 6.37. The van der Waals surface area contributed by atoms with Crippen LogP contribution in [0.25, 0.3) is 16.2 Å². The molecule has 0 aliphatic carbocycles. The first kappa shape index (κ1) is 27.7. The van der Waals surface area contributed by atoms with Crippen LogP contribution in [0.4, 0.5) is 10.5 Å². The van der Waals surface area contributed by atoms with Gasteiger partial charge in [-0.1, -0.05) is 69.6 Å². The van der Waals surface area contributed by atoms with Crippen molar-refractivity contribution in [2.75, 3.05) is 25.0 Å². The number of benzene rings is 2. The summed E-state index contributed by atoms with van der Waals surface area (Å²) in [6.45, 7) is 10.6. The van der Waals surface area contributed by atoms with E-state index in [2.05, 4.69) is 67.2 Å². The third kappa shape index (κ3) is 6.32. The van der Waals surface area contributed by atoms with Gasteiger partial charge in [-0.15, -0.1) is 11.3 Å². The fourth-order valence-corrected chi connectivity index (χ4v) is 6.24. The van der Waals surface area contributed by atoms with E-state index in [1.165, 1.54) is 11.1 Å². The molecule has 5 rings (SSSR count). The molecule has 6 nitrogen and oxygen atoms in total. The average Bonchev–Trinajstić information content (AvgIpc) is 3.65. The van der Waals surface area contributed by atoms with Crippen molar-refractivity contribution in [1.82, 2.24) is 14.3 Å². The fraction of sp³-hybridized carbons (Fsp3) is 0.419. The molecule has 3 heterocycles. The van der Waals surface area contributed by atoms with Crippen molar-refractivity contribution < 1.29 is 9.53 Å². The van der Waals surface area contributed by atoms with Gasteiger partial charge in [0.1, 0.15) is 0 Å². The molecule has 1 fully saturated rings. The first-order valence-corrected chi connectivity index (χ1v) is 15.1. The second-order valence-corrected chi connectivity index (χ2v) is 12.2. The molecule has 1 N–H and O–H groups in total. The second kappa shape index (κ2) is 12.1. The number of para-hydroxylation sites is 1. The van der Waals surface area contributed by atoms with Crippen molar-refractivity contribution in [3.8, 4) is 11.3 Å². The maximum atomic E-state index is 13.8. The first-order valence-electron chi connectivity index (χ1n) is 13.8. The van der Waals surface area contributed by atoms with Crippen molar-refractivity contribution >= 4 is 39.6 Å². The molecular formula is C31H37ClN4O2S. The summed E-state index contributed by atoms with van der Waals surface area (Å²) in [5, 5.41) is 6.17. The van der Waals surface area contributed by atoms with Crippen LogP contribution >= 0.6 is 22.9 Å². The molecule has 1 aliphatic rings. The van der Waals surface area contributed by atoms with E-state index < -0.39 is 0 Å². The van der Waals surface area contributed by atoms with Crippen LogP contribution in [0.5, 0.6) is 0 Å². The highest BCUT2D eigenvalue weighted by Gasteiger charge is 2.25. The number of nitrogens with zero attached hydrogens (tertiary/aromatic N) is 3. The summed E-state index contributed by atoms with van der Waals surface area (Å²) >= 11 is 7.69. The molecule has 2 amide bonds. The molecule has 8 heteroatoms. The number of aromatic nitrogens is 2. The largest absolute Gasteiger partial charge is 0.376 e. The lowest BCUT2D eigenvalue weighted by Crippen LogP contribution is -2.41. The van der Waals surface area contributed by atoms with E-state index in [1.807, 2.05) is 29.2 Å². The van der Waals surface area contributed by atoms with Crippen LogP contribution in [0.1, 0.15) is 69.2 Å². The van der Waals surface area contributed by atoms with Crippen LogP contribution in [0.15, 0.2) is 54.0 Å². The van der Waals surface area contributed by atoms with Crippen LogP contribution in [0, 0.1) is 0 Å². The topological polar surface area (TPSA) is 58.9 Å². The third-order valence-electron chi connectivity index (χ3n) is 7.40. The summed E-state index contributed by atoms with van der Waals surface area (Å²) in [4.78, 5) is 21.5. The fourth-order valence-electron chi connectivity index (χ4n) is 5.21. The number of carbonyl (C=O) groups excluding carboxylic acids is 1. The maximum absolute atomic E-state index is 13.8. The highest BCUT2D eigenvalue weighted by Crippen LogP contribution is 2.33. The molecular weight excluding hydrogens is 528 g/mol.